The number of hydrogen-bond acceptors (Lipinski definition) is 2. The van der Waals surface area contributed by atoms with Crippen LogP contribution in [0.25, 0.3) is 0 Å². The molecule has 0 aromatic rings. The molecule has 0 nitrogen and oxygen atoms in total. The fourth-order valence-corrected chi connectivity index (χ4v) is 10.8. The molecule has 1 spiro atoms. The Bertz CT molecular complexity index is 655. The molecular formula is C26H40S2. The van der Waals surface area contributed by atoms with Gasteiger partial charge in [-0.15, -0.1) is 30.1 Å². The maximum atomic E-state index is 4.72. The summed E-state index contributed by atoms with van der Waals surface area (Å²) < 4.78 is 0.449. The minimum Gasteiger partial charge on any atom is -0.139 e. The Morgan fingerprint density at radius 1 is 1.14 bits per heavy atom. The van der Waals surface area contributed by atoms with Gasteiger partial charge in [-0.25, -0.2) is 0 Å². The topological polar surface area (TPSA) is 0 Å². The molecule has 0 amide bonds. The van der Waals surface area contributed by atoms with E-state index in [9.17, 15) is 0 Å². The molecule has 2 heteroatoms. The lowest BCUT2D eigenvalue weighted by atomic mass is 9.48. The van der Waals surface area contributed by atoms with Crippen LogP contribution >= 0.6 is 23.5 Å². The normalized spacial score (nSPS) is 46.0. The summed E-state index contributed by atoms with van der Waals surface area (Å²) in [6, 6.07) is 0. The van der Waals surface area contributed by atoms with Gasteiger partial charge in [0.05, 0.1) is 4.08 Å². The van der Waals surface area contributed by atoms with E-state index in [0.717, 1.165) is 35.5 Å². The maximum Gasteiger partial charge on any atom is 0.0794 e. The van der Waals surface area contributed by atoms with Crippen molar-refractivity contribution in [2.75, 3.05) is 11.5 Å². The van der Waals surface area contributed by atoms with Crippen LogP contribution in [0, 0.1) is 40.9 Å². The fraction of sp³-hybridized carbons (Fsp3) is 0.769. The van der Waals surface area contributed by atoms with Crippen LogP contribution in [0.3, 0.4) is 0 Å². The van der Waals surface area contributed by atoms with Crippen LogP contribution in [0.15, 0.2) is 36.5 Å². The summed E-state index contributed by atoms with van der Waals surface area (Å²) in [5.41, 5.74) is 4.00. The highest BCUT2D eigenvalue weighted by atomic mass is 32.2. The van der Waals surface area contributed by atoms with Crippen molar-refractivity contribution in [3.8, 4) is 0 Å². The molecule has 0 aromatic heterocycles. The van der Waals surface area contributed by atoms with E-state index in [2.05, 4.69) is 56.9 Å². The van der Waals surface area contributed by atoms with Crippen molar-refractivity contribution in [3.63, 3.8) is 0 Å². The molecule has 0 aromatic carbocycles. The molecule has 5 rings (SSSR count). The molecule has 4 fully saturated rings. The predicted molar refractivity (Wildman–Crippen MR) is 129 cm³/mol. The summed E-state index contributed by atoms with van der Waals surface area (Å²) in [6.07, 6.45) is 13.0. The molecule has 5 aliphatic rings. The third-order valence-corrected chi connectivity index (χ3v) is 12.4. The first kappa shape index (κ1) is 21.2. The van der Waals surface area contributed by atoms with Gasteiger partial charge in [0.1, 0.15) is 0 Å². The van der Waals surface area contributed by atoms with Crippen LogP contribution in [0.2, 0.25) is 0 Å². The SMILES string of the molecule is C=C1CC2(C)C(CC[C@@H]2C)C2C1C1CCC3(C=C1C[C@H]2C)SCCS3.C=CC. The summed E-state index contributed by atoms with van der Waals surface area (Å²) in [7, 11) is 0. The Labute approximate surface area is 182 Å². The lowest BCUT2D eigenvalue weighted by Gasteiger charge is -2.57. The summed E-state index contributed by atoms with van der Waals surface area (Å²) >= 11 is 4.46. The van der Waals surface area contributed by atoms with E-state index in [-0.39, 0.29) is 0 Å². The number of hydrogen-bond donors (Lipinski definition) is 0. The van der Waals surface area contributed by atoms with E-state index in [1.807, 2.05) is 12.5 Å². The van der Waals surface area contributed by atoms with Crippen LogP contribution < -0.4 is 0 Å². The van der Waals surface area contributed by atoms with Crippen molar-refractivity contribution in [1.82, 2.24) is 0 Å². The minimum atomic E-state index is 0.449. The molecule has 0 bridgehead atoms. The molecule has 0 radical (unpaired) electrons. The molecule has 0 N–H and O–H groups in total. The zero-order chi connectivity index (χ0) is 20.1. The molecule has 3 saturated carbocycles. The minimum absolute atomic E-state index is 0.449. The van der Waals surface area contributed by atoms with Gasteiger partial charge >= 0.3 is 0 Å². The first-order chi connectivity index (χ1) is 13.3. The highest BCUT2D eigenvalue weighted by molar-refractivity contribution is 8.21. The number of allylic oxidation sites excluding steroid dienone is 3. The van der Waals surface area contributed by atoms with Gasteiger partial charge in [-0.1, -0.05) is 50.6 Å². The summed E-state index contributed by atoms with van der Waals surface area (Å²) in [5.74, 6) is 7.95. The Morgan fingerprint density at radius 2 is 1.82 bits per heavy atom. The third-order valence-electron chi connectivity index (χ3n) is 8.95. The number of rotatable bonds is 0. The van der Waals surface area contributed by atoms with Crippen molar-refractivity contribution >= 4 is 23.5 Å². The number of fused-ring (bicyclic) bond motifs is 5. The zero-order valence-corrected chi connectivity index (χ0v) is 20.1. The zero-order valence-electron chi connectivity index (χ0n) is 18.5. The molecule has 1 heterocycles. The van der Waals surface area contributed by atoms with Crippen LogP contribution in [-0.4, -0.2) is 15.6 Å². The van der Waals surface area contributed by atoms with Gasteiger partial charge in [0, 0.05) is 11.5 Å². The van der Waals surface area contributed by atoms with E-state index < -0.39 is 0 Å². The van der Waals surface area contributed by atoms with E-state index in [1.165, 1.54) is 50.0 Å². The van der Waals surface area contributed by atoms with Crippen molar-refractivity contribution in [2.45, 2.75) is 70.3 Å². The van der Waals surface area contributed by atoms with Gasteiger partial charge in [0.15, 0.2) is 0 Å². The molecule has 7 atom stereocenters. The van der Waals surface area contributed by atoms with Crippen LogP contribution in [0.4, 0.5) is 0 Å². The predicted octanol–water partition coefficient (Wildman–Crippen LogP) is 7.98. The van der Waals surface area contributed by atoms with E-state index >= 15 is 0 Å². The molecule has 5 unspecified atom stereocenters. The summed E-state index contributed by atoms with van der Waals surface area (Å²) in [4.78, 5) is 0. The average Bonchev–Trinajstić information content (AvgIpc) is 3.20. The molecular weight excluding hydrogens is 376 g/mol. The Balaban J connectivity index is 0.000000604. The van der Waals surface area contributed by atoms with Crippen LogP contribution in [0.5, 0.6) is 0 Å². The Hall–Kier alpha value is -0.0800. The Morgan fingerprint density at radius 3 is 2.50 bits per heavy atom. The second kappa shape index (κ2) is 7.88. The summed E-state index contributed by atoms with van der Waals surface area (Å²) in [5, 5.41) is 0. The second-order valence-electron chi connectivity index (χ2n) is 10.5. The standard InChI is InChI=1S/C23H34S2.C3H6/c1-14-11-17-13-23(24-9-10-25-23)8-7-18(17)20-15(2)12-22(4)16(3)5-6-19(22)21(14)20;1-3-2/h13-14,16,18-21H,2,5-12H2,1,3-4H3;3H,1H2,2H3/t14-,16+,18?,19?,20?,21?,22?;/m1./s1. The van der Waals surface area contributed by atoms with Crippen LogP contribution in [0.1, 0.15) is 66.2 Å². The van der Waals surface area contributed by atoms with Gasteiger partial charge in [-0.3, -0.25) is 0 Å². The van der Waals surface area contributed by atoms with Crippen LogP contribution in [-0.2, 0) is 0 Å². The highest BCUT2D eigenvalue weighted by Gasteiger charge is 2.58. The second-order valence-corrected chi connectivity index (χ2v) is 13.6. The number of thioether (sulfide) groups is 2. The average molecular weight is 417 g/mol. The molecule has 4 aliphatic carbocycles. The molecule has 1 saturated heterocycles. The fourth-order valence-electron chi connectivity index (χ4n) is 7.66. The van der Waals surface area contributed by atoms with Gasteiger partial charge in [-0.2, -0.15) is 0 Å². The molecule has 28 heavy (non-hydrogen) atoms. The van der Waals surface area contributed by atoms with Gasteiger partial charge in [0.2, 0.25) is 0 Å². The highest BCUT2D eigenvalue weighted by Crippen LogP contribution is 2.67. The lowest BCUT2D eigenvalue weighted by Crippen LogP contribution is -2.50. The molecule has 156 valence electrons. The smallest absolute Gasteiger partial charge is 0.0794 e. The van der Waals surface area contributed by atoms with E-state index in [4.69, 9.17) is 6.58 Å². The quantitative estimate of drug-likeness (QED) is 0.367. The Kier molecular flexibility index (Phi) is 5.95. The van der Waals surface area contributed by atoms with E-state index in [1.54, 1.807) is 11.6 Å². The van der Waals surface area contributed by atoms with E-state index in [0.29, 0.717) is 9.49 Å². The van der Waals surface area contributed by atoms with Crippen molar-refractivity contribution in [1.29, 1.82) is 0 Å². The van der Waals surface area contributed by atoms with Gasteiger partial charge < -0.3 is 0 Å². The third kappa shape index (κ3) is 3.29. The maximum absolute atomic E-state index is 4.72. The van der Waals surface area contributed by atoms with Gasteiger partial charge in [-0.05, 0) is 86.4 Å². The lowest BCUT2D eigenvalue weighted by molar-refractivity contribution is -0.00881. The first-order valence-corrected chi connectivity index (χ1v) is 13.6. The summed E-state index contributed by atoms with van der Waals surface area (Å²) in [6.45, 7) is 17.7. The molecule has 1 aliphatic heterocycles. The largest absolute Gasteiger partial charge is 0.139 e. The van der Waals surface area contributed by atoms with Gasteiger partial charge in [0.25, 0.3) is 0 Å². The monoisotopic (exact) mass is 416 g/mol. The van der Waals surface area contributed by atoms with Crippen molar-refractivity contribution in [2.24, 2.45) is 40.9 Å². The first-order valence-electron chi connectivity index (χ1n) is 11.6. The van der Waals surface area contributed by atoms with Crippen molar-refractivity contribution in [3.05, 3.63) is 36.5 Å². The van der Waals surface area contributed by atoms with Crippen molar-refractivity contribution < 1.29 is 0 Å².